The number of hydrogen-bond donors (Lipinski definition) is 1. The third-order valence-electron chi connectivity index (χ3n) is 4.23. The van der Waals surface area contributed by atoms with Gasteiger partial charge in [0.2, 0.25) is 11.7 Å². The Morgan fingerprint density at radius 3 is 3.00 bits per heavy atom. The quantitative estimate of drug-likeness (QED) is 0.843. The van der Waals surface area contributed by atoms with Gasteiger partial charge in [-0.2, -0.15) is 4.98 Å². The van der Waals surface area contributed by atoms with E-state index in [4.69, 9.17) is 4.52 Å². The van der Waals surface area contributed by atoms with E-state index in [2.05, 4.69) is 22.4 Å². The van der Waals surface area contributed by atoms with Crippen molar-refractivity contribution in [3.8, 4) is 10.7 Å². The highest BCUT2D eigenvalue weighted by Crippen LogP contribution is 2.29. The molecule has 5 heteroatoms. The van der Waals surface area contributed by atoms with Crippen LogP contribution in [-0.2, 0) is 6.42 Å². The summed E-state index contributed by atoms with van der Waals surface area (Å²) in [5, 5.41) is 9.83. The van der Waals surface area contributed by atoms with Crippen molar-refractivity contribution >= 4 is 11.3 Å². The van der Waals surface area contributed by atoms with E-state index >= 15 is 0 Å². The molecular formula is C16H23N3OS. The van der Waals surface area contributed by atoms with Gasteiger partial charge < -0.3 is 9.84 Å². The molecule has 2 heterocycles. The maximum atomic E-state index is 5.46. The lowest BCUT2D eigenvalue weighted by Gasteiger charge is -2.23. The average molecular weight is 305 g/mol. The number of aromatic nitrogens is 2. The second-order valence-electron chi connectivity index (χ2n) is 5.80. The minimum atomic E-state index is 0.476. The van der Waals surface area contributed by atoms with Crippen LogP contribution in [0, 0.1) is 5.92 Å². The zero-order valence-electron chi connectivity index (χ0n) is 12.5. The molecule has 3 rings (SSSR count). The van der Waals surface area contributed by atoms with Crippen molar-refractivity contribution in [2.45, 2.75) is 51.5 Å². The first-order chi connectivity index (χ1) is 10.4. The van der Waals surface area contributed by atoms with Gasteiger partial charge in [0.15, 0.2) is 0 Å². The van der Waals surface area contributed by atoms with E-state index in [9.17, 15) is 0 Å². The summed E-state index contributed by atoms with van der Waals surface area (Å²) >= 11 is 1.65. The van der Waals surface area contributed by atoms with Gasteiger partial charge in [0, 0.05) is 12.5 Å². The van der Waals surface area contributed by atoms with Crippen LogP contribution in [0.4, 0.5) is 0 Å². The van der Waals surface area contributed by atoms with Gasteiger partial charge in [-0.1, -0.05) is 31.0 Å². The summed E-state index contributed by atoms with van der Waals surface area (Å²) in [5.74, 6) is 2.24. The zero-order valence-corrected chi connectivity index (χ0v) is 13.4. The molecule has 2 aromatic heterocycles. The van der Waals surface area contributed by atoms with Crippen molar-refractivity contribution in [1.82, 2.24) is 15.5 Å². The van der Waals surface area contributed by atoms with Crippen LogP contribution in [0.15, 0.2) is 22.0 Å². The van der Waals surface area contributed by atoms with E-state index in [0.29, 0.717) is 6.04 Å². The molecule has 2 aromatic rings. The van der Waals surface area contributed by atoms with Crippen molar-refractivity contribution in [2.75, 3.05) is 6.54 Å². The number of hydrogen-bond acceptors (Lipinski definition) is 5. The maximum Gasteiger partial charge on any atom is 0.228 e. The first-order valence-corrected chi connectivity index (χ1v) is 8.84. The Kier molecular flexibility index (Phi) is 5.04. The Morgan fingerprint density at radius 2 is 2.29 bits per heavy atom. The predicted molar refractivity (Wildman–Crippen MR) is 85.4 cm³/mol. The van der Waals surface area contributed by atoms with Gasteiger partial charge in [0.1, 0.15) is 0 Å². The first-order valence-electron chi connectivity index (χ1n) is 7.96. The first kappa shape index (κ1) is 14.7. The fourth-order valence-corrected chi connectivity index (χ4v) is 3.78. The van der Waals surface area contributed by atoms with E-state index in [0.717, 1.165) is 41.9 Å². The third-order valence-corrected chi connectivity index (χ3v) is 5.10. The van der Waals surface area contributed by atoms with Crippen molar-refractivity contribution in [1.29, 1.82) is 0 Å². The van der Waals surface area contributed by atoms with Crippen molar-refractivity contribution < 1.29 is 4.52 Å². The molecule has 114 valence electrons. The highest BCUT2D eigenvalue weighted by Gasteiger charge is 2.26. The van der Waals surface area contributed by atoms with E-state index < -0.39 is 0 Å². The molecule has 1 unspecified atom stereocenters. The highest BCUT2D eigenvalue weighted by atomic mass is 32.1. The van der Waals surface area contributed by atoms with Crippen LogP contribution in [0.1, 0.15) is 44.9 Å². The van der Waals surface area contributed by atoms with Crippen LogP contribution in [0.25, 0.3) is 10.7 Å². The molecule has 1 saturated carbocycles. The number of nitrogens with one attached hydrogen (secondary N) is 1. The fraction of sp³-hybridized carbons (Fsp3) is 0.625. The van der Waals surface area contributed by atoms with Crippen LogP contribution >= 0.6 is 11.3 Å². The van der Waals surface area contributed by atoms with Gasteiger partial charge >= 0.3 is 0 Å². The molecule has 0 bridgehead atoms. The number of rotatable bonds is 7. The minimum Gasteiger partial charge on any atom is -0.339 e. The second kappa shape index (κ2) is 7.18. The van der Waals surface area contributed by atoms with Crippen molar-refractivity contribution in [3.05, 3.63) is 23.4 Å². The summed E-state index contributed by atoms with van der Waals surface area (Å²) in [4.78, 5) is 5.64. The van der Waals surface area contributed by atoms with Gasteiger partial charge in [-0.05, 0) is 43.2 Å². The van der Waals surface area contributed by atoms with Gasteiger partial charge in [-0.15, -0.1) is 11.3 Å². The number of nitrogens with zero attached hydrogens (tertiary/aromatic N) is 2. The van der Waals surface area contributed by atoms with E-state index in [1.165, 1.54) is 25.7 Å². The third kappa shape index (κ3) is 3.71. The molecule has 1 fully saturated rings. The summed E-state index contributed by atoms with van der Waals surface area (Å²) in [6, 6.07) is 4.52. The Hall–Kier alpha value is -1.20. The predicted octanol–water partition coefficient (Wildman–Crippen LogP) is 3.90. The summed E-state index contributed by atoms with van der Waals surface area (Å²) < 4.78 is 5.46. The lowest BCUT2D eigenvalue weighted by atomic mass is 9.95. The Labute approximate surface area is 130 Å². The van der Waals surface area contributed by atoms with Gasteiger partial charge in [-0.25, -0.2) is 0 Å². The molecule has 0 radical (unpaired) electrons. The normalized spacial score (nSPS) is 17.4. The lowest BCUT2D eigenvalue weighted by Crippen LogP contribution is -2.37. The maximum absolute atomic E-state index is 5.46. The van der Waals surface area contributed by atoms with Gasteiger partial charge in [0.05, 0.1) is 4.88 Å². The molecule has 1 aliphatic rings. The van der Waals surface area contributed by atoms with Crippen LogP contribution in [0.3, 0.4) is 0 Å². The van der Waals surface area contributed by atoms with Crippen LogP contribution < -0.4 is 5.32 Å². The minimum absolute atomic E-state index is 0.476. The topological polar surface area (TPSA) is 51.0 Å². The van der Waals surface area contributed by atoms with Crippen molar-refractivity contribution in [3.63, 3.8) is 0 Å². The van der Waals surface area contributed by atoms with E-state index in [1.54, 1.807) is 11.3 Å². The van der Waals surface area contributed by atoms with Crippen LogP contribution in [0.5, 0.6) is 0 Å². The van der Waals surface area contributed by atoms with E-state index in [1.807, 2.05) is 17.5 Å². The molecular weight excluding hydrogens is 282 g/mol. The average Bonchev–Trinajstić information content (AvgIpc) is 3.24. The molecule has 1 aliphatic carbocycles. The molecule has 21 heavy (non-hydrogen) atoms. The standard InChI is InChI=1S/C16H23N3OS/c1-2-9-17-13(12-6-3-4-7-12)11-15-18-16(19-20-15)14-8-5-10-21-14/h5,8,10,12-13,17H,2-4,6-7,9,11H2,1H3. The molecule has 0 aliphatic heterocycles. The monoisotopic (exact) mass is 305 g/mol. The van der Waals surface area contributed by atoms with Crippen molar-refractivity contribution in [2.24, 2.45) is 5.92 Å². The summed E-state index contributed by atoms with van der Waals surface area (Å²) in [5.41, 5.74) is 0. The molecule has 0 saturated heterocycles. The molecule has 1 N–H and O–H groups in total. The SMILES string of the molecule is CCCNC(Cc1nc(-c2cccs2)no1)C1CCCC1. The van der Waals surface area contributed by atoms with Crippen LogP contribution in [0.2, 0.25) is 0 Å². The van der Waals surface area contributed by atoms with Gasteiger partial charge in [-0.3, -0.25) is 0 Å². The largest absolute Gasteiger partial charge is 0.339 e. The summed E-state index contributed by atoms with van der Waals surface area (Å²) in [7, 11) is 0. The molecule has 0 aromatic carbocycles. The number of thiophene rings is 1. The smallest absolute Gasteiger partial charge is 0.228 e. The summed E-state index contributed by atoms with van der Waals surface area (Å²) in [6.07, 6.45) is 7.38. The fourth-order valence-electron chi connectivity index (χ4n) is 3.13. The summed E-state index contributed by atoms with van der Waals surface area (Å²) in [6.45, 7) is 3.27. The van der Waals surface area contributed by atoms with Gasteiger partial charge in [0.25, 0.3) is 0 Å². The highest BCUT2D eigenvalue weighted by molar-refractivity contribution is 7.13. The molecule has 0 spiro atoms. The Balaban J connectivity index is 1.67. The molecule has 1 atom stereocenters. The lowest BCUT2D eigenvalue weighted by molar-refractivity contribution is 0.308. The Bertz CT molecular complexity index is 531. The molecule has 4 nitrogen and oxygen atoms in total. The second-order valence-corrected chi connectivity index (χ2v) is 6.75. The Morgan fingerprint density at radius 1 is 1.43 bits per heavy atom. The molecule has 0 amide bonds. The van der Waals surface area contributed by atoms with Crippen LogP contribution in [-0.4, -0.2) is 22.7 Å². The zero-order chi connectivity index (χ0) is 14.5. The van der Waals surface area contributed by atoms with E-state index in [-0.39, 0.29) is 0 Å².